The predicted octanol–water partition coefficient (Wildman–Crippen LogP) is 2.31. The number of hydrogen-bond acceptors (Lipinski definition) is 2. The number of halogens is 2. The quantitative estimate of drug-likeness (QED) is 0.877. The SMILES string of the molecule is CN(Cc1ccc(F)cc1F)C1CCCC1O. The normalized spacial score (nSPS) is 24.5. The summed E-state index contributed by atoms with van der Waals surface area (Å²) in [6, 6.07) is 3.70. The Labute approximate surface area is 99.9 Å². The van der Waals surface area contributed by atoms with E-state index in [0.29, 0.717) is 12.1 Å². The van der Waals surface area contributed by atoms with E-state index in [-0.39, 0.29) is 12.1 Å². The zero-order valence-corrected chi connectivity index (χ0v) is 9.87. The average molecular weight is 241 g/mol. The number of rotatable bonds is 3. The van der Waals surface area contributed by atoms with Gasteiger partial charge in [-0.3, -0.25) is 4.90 Å². The molecule has 1 aliphatic carbocycles. The van der Waals surface area contributed by atoms with Crippen LogP contribution in [0.4, 0.5) is 8.78 Å². The highest BCUT2D eigenvalue weighted by molar-refractivity contribution is 5.18. The molecule has 0 heterocycles. The molecule has 0 amide bonds. The molecule has 1 saturated carbocycles. The van der Waals surface area contributed by atoms with Crippen LogP contribution in [0.15, 0.2) is 18.2 Å². The lowest BCUT2D eigenvalue weighted by Gasteiger charge is -2.27. The van der Waals surface area contributed by atoms with Crippen molar-refractivity contribution < 1.29 is 13.9 Å². The molecule has 1 N–H and O–H groups in total. The van der Waals surface area contributed by atoms with Gasteiger partial charge in [0.25, 0.3) is 0 Å². The van der Waals surface area contributed by atoms with Gasteiger partial charge in [0.15, 0.2) is 0 Å². The van der Waals surface area contributed by atoms with Crippen molar-refractivity contribution in [2.24, 2.45) is 0 Å². The zero-order chi connectivity index (χ0) is 12.4. The highest BCUT2D eigenvalue weighted by Crippen LogP contribution is 2.24. The Morgan fingerprint density at radius 3 is 2.71 bits per heavy atom. The Morgan fingerprint density at radius 2 is 2.12 bits per heavy atom. The Hall–Kier alpha value is -1.00. The van der Waals surface area contributed by atoms with Crippen molar-refractivity contribution in [3.63, 3.8) is 0 Å². The Kier molecular flexibility index (Phi) is 3.74. The van der Waals surface area contributed by atoms with Crippen LogP contribution in [-0.4, -0.2) is 29.2 Å². The molecular formula is C13H17F2NO. The van der Waals surface area contributed by atoms with Crippen molar-refractivity contribution in [1.29, 1.82) is 0 Å². The number of aliphatic hydroxyl groups is 1. The molecule has 1 aromatic rings. The van der Waals surface area contributed by atoms with E-state index >= 15 is 0 Å². The summed E-state index contributed by atoms with van der Waals surface area (Å²) in [7, 11) is 1.86. The summed E-state index contributed by atoms with van der Waals surface area (Å²) in [5, 5.41) is 9.76. The highest BCUT2D eigenvalue weighted by Gasteiger charge is 2.28. The van der Waals surface area contributed by atoms with Gasteiger partial charge in [0.2, 0.25) is 0 Å². The first kappa shape index (κ1) is 12.5. The van der Waals surface area contributed by atoms with E-state index in [4.69, 9.17) is 0 Å². The molecule has 2 nitrogen and oxygen atoms in total. The lowest BCUT2D eigenvalue weighted by atomic mass is 10.1. The van der Waals surface area contributed by atoms with Gasteiger partial charge < -0.3 is 5.11 Å². The largest absolute Gasteiger partial charge is 0.391 e. The summed E-state index contributed by atoms with van der Waals surface area (Å²) in [5.41, 5.74) is 0.466. The van der Waals surface area contributed by atoms with Gasteiger partial charge in [-0.1, -0.05) is 6.07 Å². The fourth-order valence-electron chi connectivity index (χ4n) is 2.47. The highest BCUT2D eigenvalue weighted by atomic mass is 19.1. The number of nitrogens with zero attached hydrogens (tertiary/aromatic N) is 1. The molecule has 0 spiro atoms. The maximum Gasteiger partial charge on any atom is 0.130 e. The first-order valence-electron chi connectivity index (χ1n) is 5.90. The van der Waals surface area contributed by atoms with Gasteiger partial charge in [-0.05, 0) is 32.4 Å². The molecule has 0 aromatic heterocycles. The smallest absolute Gasteiger partial charge is 0.130 e. The van der Waals surface area contributed by atoms with Gasteiger partial charge in [-0.15, -0.1) is 0 Å². The molecular weight excluding hydrogens is 224 g/mol. The van der Waals surface area contributed by atoms with Gasteiger partial charge in [-0.25, -0.2) is 8.78 Å². The molecule has 2 rings (SSSR count). The Bertz CT molecular complexity index is 397. The van der Waals surface area contributed by atoms with Crippen molar-refractivity contribution in [3.8, 4) is 0 Å². The van der Waals surface area contributed by atoms with E-state index in [1.54, 1.807) is 0 Å². The molecule has 1 aromatic carbocycles. The molecule has 0 radical (unpaired) electrons. The summed E-state index contributed by atoms with van der Waals surface area (Å²) in [6.07, 6.45) is 2.41. The number of likely N-dealkylation sites (N-methyl/N-ethyl adjacent to an activating group) is 1. The van der Waals surface area contributed by atoms with E-state index in [9.17, 15) is 13.9 Å². The van der Waals surface area contributed by atoms with Gasteiger partial charge in [0, 0.05) is 24.2 Å². The summed E-state index contributed by atoms with van der Waals surface area (Å²) in [5.74, 6) is -1.08. The van der Waals surface area contributed by atoms with Crippen LogP contribution in [0.2, 0.25) is 0 Å². The molecule has 0 saturated heterocycles. The molecule has 0 bridgehead atoms. The van der Waals surface area contributed by atoms with E-state index < -0.39 is 11.6 Å². The minimum atomic E-state index is -0.560. The lowest BCUT2D eigenvalue weighted by Crippen LogP contribution is -2.37. The standard InChI is InChI=1S/C13H17F2NO/c1-16(12-3-2-4-13(12)17)8-9-5-6-10(14)7-11(9)15/h5-7,12-13,17H,2-4,8H2,1H3. The molecule has 94 valence electrons. The van der Waals surface area contributed by atoms with Gasteiger partial charge in [0.05, 0.1) is 6.10 Å². The third-order valence-corrected chi connectivity index (χ3v) is 3.44. The number of aliphatic hydroxyl groups excluding tert-OH is 1. The fraction of sp³-hybridized carbons (Fsp3) is 0.538. The van der Waals surface area contributed by atoms with Crippen molar-refractivity contribution in [3.05, 3.63) is 35.4 Å². The first-order valence-corrected chi connectivity index (χ1v) is 5.90. The van der Waals surface area contributed by atoms with Crippen molar-refractivity contribution in [2.45, 2.75) is 38.0 Å². The molecule has 17 heavy (non-hydrogen) atoms. The van der Waals surface area contributed by atoms with Crippen LogP contribution in [0.25, 0.3) is 0 Å². The maximum absolute atomic E-state index is 13.5. The van der Waals surface area contributed by atoms with Crippen LogP contribution in [-0.2, 0) is 6.54 Å². The van der Waals surface area contributed by atoms with E-state index in [0.717, 1.165) is 25.3 Å². The fourth-order valence-corrected chi connectivity index (χ4v) is 2.47. The van der Waals surface area contributed by atoms with Crippen LogP contribution in [0.3, 0.4) is 0 Å². The second kappa shape index (κ2) is 5.10. The molecule has 4 heteroatoms. The minimum Gasteiger partial charge on any atom is -0.391 e. The number of hydrogen-bond donors (Lipinski definition) is 1. The Morgan fingerprint density at radius 1 is 1.35 bits per heavy atom. The number of benzene rings is 1. The topological polar surface area (TPSA) is 23.5 Å². The van der Waals surface area contributed by atoms with Gasteiger partial charge in [0.1, 0.15) is 11.6 Å². The van der Waals surface area contributed by atoms with Crippen LogP contribution in [0.1, 0.15) is 24.8 Å². The monoisotopic (exact) mass is 241 g/mol. The minimum absolute atomic E-state index is 0.0828. The van der Waals surface area contributed by atoms with Crippen molar-refractivity contribution in [2.75, 3.05) is 7.05 Å². The second-order valence-electron chi connectivity index (χ2n) is 4.72. The first-order chi connectivity index (χ1) is 8.08. The summed E-state index contributed by atoms with van der Waals surface area (Å²) < 4.78 is 26.2. The maximum atomic E-state index is 13.5. The van der Waals surface area contributed by atoms with Crippen LogP contribution >= 0.6 is 0 Å². The van der Waals surface area contributed by atoms with Crippen LogP contribution < -0.4 is 0 Å². The summed E-state index contributed by atoms with van der Waals surface area (Å²) in [4.78, 5) is 1.94. The van der Waals surface area contributed by atoms with E-state index in [1.165, 1.54) is 12.1 Å². The van der Waals surface area contributed by atoms with E-state index in [1.807, 2.05) is 11.9 Å². The van der Waals surface area contributed by atoms with Crippen molar-refractivity contribution >= 4 is 0 Å². The molecule has 1 aliphatic rings. The molecule has 0 aliphatic heterocycles. The second-order valence-corrected chi connectivity index (χ2v) is 4.72. The zero-order valence-electron chi connectivity index (χ0n) is 9.87. The summed E-state index contributed by atoms with van der Waals surface area (Å²) >= 11 is 0. The van der Waals surface area contributed by atoms with E-state index in [2.05, 4.69) is 0 Å². The predicted molar refractivity (Wildman–Crippen MR) is 61.5 cm³/mol. The molecule has 1 fully saturated rings. The van der Waals surface area contributed by atoms with Crippen LogP contribution in [0, 0.1) is 11.6 Å². The average Bonchev–Trinajstić information content (AvgIpc) is 2.68. The lowest BCUT2D eigenvalue weighted by molar-refractivity contribution is 0.0818. The third-order valence-electron chi connectivity index (χ3n) is 3.44. The third kappa shape index (κ3) is 2.82. The van der Waals surface area contributed by atoms with Gasteiger partial charge >= 0.3 is 0 Å². The van der Waals surface area contributed by atoms with Crippen molar-refractivity contribution in [1.82, 2.24) is 4.90 Å². The molecule has 2 unspecified atom stereocenters. The molecule has 2 atom stereocenters. The summed E-state index contributed by atoms with van der Waals surface area (Å²) in [6.45, 7) is 0.397. The van der Waals surface area contributed by atoms with Crippen LogP contribution in [0.5, 0.6) is 0 Å². The Balaban J connectivity index is 2.04. The van der Waals surface area contributed by atoms with Gasteiger partial charge in [-0.2, -0.15) is 0 Å².